The lowest BCUT2D eigenvalue weighted by Crippen LogP contribution is -2.16. The van der Waals surface area contributed by atoms with Gasteiger partial charge in [-0.15, -0.1) is 0 Å². The van der Waals surface area contributed by atoms with E-state index in [0.717, 1.165) is 17.7 Å². The van der Waals surface area contributed by atoms with Crippen molar-refractivity contribution in [1.82, 2.24) is 9.97 Å². The molecule has 5 N–H and O–H groups in total. The molecule has 22 heavy (non-hydrogen) atoms. The lowest BCUT2D eigenvalue weighted by Gasteiger charge is -2.07. The number of nitrogens with two attached hydrogens (primary N) is 2. The number of benzene rings is 1. The van der Waals surface area contributed by atoms with Crippen LogP contribution in [0.1, 0.15) is 32.6 Å². The van der Waals surface area contributed by atoms with Crippen LogP contribution in [0.3, 0.4) is 0 Å². The van der Waals surface area contributed by atoms with Gasteiger partial charge in [0.05, 0.1) is 6.61 Å². The molecule has 0 atom stereocenters. The van der Waals surface area contributed by atoms with Crippen molar-refractivity contribution in [3.05, 3.63) is 34.6 Å². The fraction of sp³-hybridized carbons (Fsp3) is 0.375. The predicted octanol–water partition coefficient (Wildman–Crippen LogP) is 2.56. The molecule has 1 heterocycles. The Morgan fingerprint density at radius 1 is 1.14 bits per heavy atom. The Hall–Kier alpha value is -2.50. The zero-order chi connectivity index (χ0) is 15.9. The SMILES string of the molecule is CCCCCCOc1ccc(-c2nc(N)c(N)c(=O)[nH]2)cc1. The summed E-state index contributed by atoms with van der Waals surface area (Å²) in [6, 6.07) is 7.36. The number of unbranched alkanes of at least 4 members (excludes halogenated alkanes) is 3. The van der Waals surface area contributed by atoms with E-state index in [9.17, 15) is 4.79 Å². The van der Waals surface area contributed by atoms with Crippen molar-refractivity contribution in [3.63, 3.8) is 0 Å². The monoisotopic (exact) mass is 302 g/mol. The number of anilines is 2. The fourth-order valence-corrected chi connectivity index (χ4v) is 2.06. The van der Waals surface area contributed by atoms with Crippen molar-refractivity contribution in [2.24, 2.45) is 0 Å². The molecule has 0 spiro atoms. The number of hydrogen-bond donors (Lipinski definition) is 3. The van der Waals surface area contributed by atoms with E-state index in [2.05, 4.69) is 16.9 Å². The molecule has 0 aliphatic rings. The summed E-state index contributed by atoms with van der Waals surface area (Å²) in [5.74, 6) is 1.23. The highest BCUT2D eigenvalue weighted by Crippen LogP contribution is 2.20. The Morgan fingerprint density at radius 3 is 2.50 bits per heavy atom. The minimum Gasteiger partial charge on any atom is -0.494 e. The molecule has 2 aromatic rings. The maximum atomic E-state index is 11.6. The van der Waals surface area contributed by atoms with Crippen molar-refractivity contribution in [1.29, 1.82) is 0 Å². The molecule has 0 aliphatic heterocycles. The highest BCUT2D eigenvalue weighted by molar-refractivity contribution is 5.63. The minimum absolute atomic E-state index is 0.0370. The van der Waals surface area contributed by atoms with Gasteiger partial charge >= 0.3 is 0 Å². The van der Waals surface area contributed by atoms with E-state index in [-0.39, 0.29) is 11.5 Å². The number of nitrogen functional groups attached to an aromatic ring is 2. The van der Waals surface area contributed by atoms with Crippen molar-refractivity contribution < 1.29 is 4.74 Å². The highest BCUT2D eigenvalue weighted by Gasteiger charge is 2.07. The van der Waals surface area contributed by atoms with Gasteiger partial charge in [-0.25, -0.2) is 4.98 Å². The van der Waals surface area contributed by atoms with Crippen LogP contribution in [0.2, 0.25) is 0 Å². The molecule has 0 saturated carbocycles. The largest absolute Gasteiger partial charge is 0.494 e. The van der Waals surface area contributed by atoms with Gasteiger partial charge in [0.1, 0.15) is 17.3 Å². The first-order chi connectivity index (χ1) is 10.6. The standard InChI is InChI=1S/C16H22N4O2/c1-2-3-4-5-10-22-12-8-6-11(7-9-12)15-19-14(18)13(17)16(21)20-15/h6-9H,2-5,10,17H2,1H3,(H3,18,19,20,21). The number of nitrogens with one attached hydrogen (secondary N) is 1. The van der Waals surface area contributed by atoms with E-state index >= 15 is 0 Å². The van der Waals surface area contributed by atoms with Crippen LogP contribution in [0.4, 0.5) is 11.5 Å². The highest BCUT2D eigenvalue weighted by atomic mass is 16.5. The smallest absolute Gasteiger partial charge is 0.276 e. The van der Waals surface area contributed by atoms with Crippen molar-refractivity contribution in [2.75, 3.05) is 18.1 Å². The van der Waals surface area contributed by atoms with E-state index in [4.69, 9.17) is 16.2 Å². The second-order valence-corrected chi connectivity index (χ2v) is 5.15. The number of ether oxygens (including phenoxy) is 1. The average Bonchev–Trinajstić information content (AvgIpc) is 2.52. The fourth-order valence-electron chi connectivity index (χ4n) is 2.06. The second-order valence-electron chi connectivity index (χ2n) is 5.15. The molecule has 0 fully saturated rings. The topological polar surface area (TPSA) is 107 Å². The predicted molar refractivity (Wildman–Crippen MR) is 88.8 cm³/mol. The summed E-state index contributed by atoms with van der Waals surface area (Å²) in [6.07, 6.45) is 4.69. The number of rotatable bonds is 7. The van der Waals surface area contributed by atoms with Crippen molar-refractivity contribution in [3.8, 4) is 17.1 Å². The van der Waals surface area contributed by atoms with Crippen LogP contribution in [0.25, 0.3) is 11.4 Å². The number of aromatic nitrogens is 2. The lowest BCUT2D eigenvalue weighted by atomic mass is 10.2. The van der Waals surface area contributed by atoms with Gasteiger partial charge in [-0.3, -0.25) is 4.79 Å². The van der Waals surface area contributed by atoms with Crippen LogP contribution < -0.4 is 21.8 Å². The molecule has 118 valence electrons. The van der Waals surface area contributed by atoms with Gasteiger partial charge in [-0.05, 0) is 30.7 Å². The Balaban J connectivity index is 2.01. The van der Waals surface area contributed by atoms with Crippen LogP contribution in [-0.4, -0.2) is 16.6 Å². The van der Waals surface area contributed by atoms with E-state index in [1.807, 2.05) is 24.3 Å². The first-order valence-corrected chi connectivity index (χ1v) is 7.50. The molecule has 0 unspecified atom stereocenters. The van der Waals surface area contributed by atoms with E-state index in [0.29, 0.717) is 12.4 Å². The van der Waals surface area contributed by atoms with Crippen LogP contribution in [0.5, 0.6) is 5.75 Å². The maximum absolute atomic E-state index is 11.6. The molecule has 2 rings (SSSR count). The Kier molecular flexibility index (Phi) is 5.41. The summed E-state index contributed by atoms with van der Waals surface area (Å²) in [6.45, 7) is 2.89. The van der Waals surface area contributed by atoms with E-state index < -0.39 is 5.56 Å². The Bertz CT molecular complexity index is 665. The maximum Gasteiger partial charge on any atom is 0.276 e. The van der Waals surface area contributed by atoms with Gasteiger partial charge in [0.25, 0.3) is 5.56 Å². The molecular weight excluding hydrogens is 280 g/mol. The molecule has 0 saturated heterocycles. The number of hydrogen-bond acceptors (Lipinski definition) is 5. The molecule has 6 heteroatoms. The number of nitrogens with zero attached hydrogens (tertiary/aromatic N) is 1. The summed E-state index contributed by atoms with van der Waals surface area (Å²) in [4.78, 5) is 18.3. The third-order valence-electron chi connectivity index (χ3n) is 3.38. The quantitative estimate of drug-likeness (QED) is 0.681. The van der Waals surface area contributed by atoms with E-state index in [1.54, 1.807) is 0 Å². The van der Waals surface area contributed by atoms with Crippen molar-refractivity contribution in [2.45, 2.75) is 32.6 Å². The Labute approximate surface area is 129 Å². The Morgan fingerprint density at radius 2 is 1.86 bits per heavy atom. The first-order valence-electron chi connectivity index (χ1n) is 7.50. The third kappa shape index (κ3) is 4.00. The molecule has 6 nitrogen and oxygen atoms in total. The summed E-state index contributed by atoms with van der Waals surface area (Å²) in [5.41, 5.74) is 11.4. The van der Waals surface area contributed by atoms with Gasteiger partial charge in [-0.2, -0.15) is 0 Å². The zero-order valence-corrected chi connectivity index (χ0v) is 12.8. The van der Waals surface area contributed by atoms with Gasteiger partial charge < -0.3 is 21.2 Å². The first kappa shape index (κ1) is 15.9. The average molecular weight is 302 g/mol. The van der Waals surface area contributed by atoms with Gasteiger partial charge in [-0.1, -0.05) is 26.2 Å². The second kappa shape index (κ2) is 7.49. The van der Waals surface area contributed by atoms with Gasteiger partial charge in [0.2, 0.25) is 0 Å². The number of aromatic amines is 1. The van der Waals surface area contributed by atoms with Crippen LogP contribution >= 0.6 is 0 Å². The molecule has 0 amide bonds. The summed E-state index contributed by atoms with van der Waals surface area (Å²) >= 11 is 0. The molecule has 0 bridgehead atoms. The molecule has 1 aromatic heterocycles. The lowest BCUT2D eigenvalue weighted by molar-refractivity contribution is 0.305. The van der Waals surface area contributed by atoms with Gasteiger partial charge in [0.15, 0.2) is 5.82 Å². The molecular formula is C16H22N4O2. The van der Waals surface area contributed by atoms with Crippen LogP contribution in [-0.2, 0) is 0 Å². The van der Waals surface area contributed by atoms with Gasteiger partial charge in [0, 0.05) is 5.56 Å². The van der Waals surface area contributed by atoms with Crippen LogP contribution in [0, 0.1) is 0 Å². The molecule has 0 radical (unpaired) electrons. The molecule has 1 aromatic carbocycles. The summed E-state index contributed by atoms with van der Waals surface area (Å²) < 4.78 is 5.67. The molecule has 0 aliphatic carbocycles. The third-order valence-corrected chi connectivity index (χ3v) is 3.38. The van der Waals surface area contributed by atoms with Crippen LogP contribution in [0.15, 0.2) is 29.1 Å². The zero-order valence-electron chi connectivity index (χ0n) is 12.8. The number of H-pyrrole nitrogens is 1. The van der Waals surface area contributed by atoms with Crippen molar-refractivity contribution >= 4 is 11.5 Å². The summed E-state index contributed by atoms with van der Waals surface area (Å²) in [5, 5.41) is 0. The normalized spacial score (nSPS) is 10.6. The van der Waals surface area contributed by atoms with E-state index in [1.165, 1.54) is 19.3 Å². The summed E-state index contributed by atoms with van der Waals surface area (Å²) in [7, 11) is 0. The minimum atomic E-state index is -0.432.